The molecule has 4 nitrogen and oxygen atoms in total. The van der Waals surface area contributed by atoms with Gasteiger partial charge in [0.15, 0.2) is 0 Å². The highest BCUT2D eigenvalue weighted by molar-refractivity contribution is 9.10. The Hall–Kier alpha value is -2.14. The highest BCUT2D eigenvalue weighted by atomic mass is 79.9. The molecule has 5 heteroatoms. The SMILES string of the molecule is COc1cc(C)ccc1-c1nnc(O)c2cc(Br)ccc12. The molecule has 0 aliphatic carbocycles. The van der Waals surface area contributed by atoms with Crippen LogP contribution in [0, 0.1) is 6.92 Å². The third-order valence-corrected chi connectivity index (χ3v) is 3.83. The van der Waals surface area contributed by atoms with Gasteiger partial charge in [-0.15, -0.1) is 10.2 Å². The standard InChI is InChI=1S/C16H13BrN2O2/c1-9-3-5-12(14(7-9)21-2)15-11-6-4-10(17)8-13(11)16(20)19-18-15/h3-8H,1-2H3,(H,19,20). The molecule has 1 aromatic heterocycles. The van der Waals surface area contributed by atoms with Crippen molar-refractivity contribution in [3.8, 4) is 22.9 Å². The van der Waals surface area contributed by atoms with Gasteiger partial charge in [-0.05, 0) is 36.8 Å². The van der Waals surface area contributed by atoms with Crippen molar-refractivity contribution in [2.24, 2.45) is 0 Å². The van der Waals surface area contributed by atoms with E-state index in [9.17, 15) is 5.11 Å². The fraction of sp³-hybridized carbons (Fsp3) is 0.125. The fourth-order valence-electron chi connectivity index (χ4n) is 2.31. The van der Waals surface area contributed by atoms with Crippen molar-refractivity contribution in [1.82, 2.24) is 10.2 Å². The minimum Gasteiger partial charge on any atom is -0.496 e. The lowest BCUT2D eigenvalue weighted by molar-refractivity contribution is 0.416. The molecule has 0 radical (unpaired) electrons. The molecule has 1 heterocycles. The number of halogens is 1. The lowest BCUT2D eigenvalue weighted by Crippen LogP contribution is -1.94. The van der Waals surface area contributed by atoms with Crippen molar-refractivity contribution >= 4 is 26.7 Å². The van der Waals surface area contributed by atoms with E-state index in [4.69, 9.17) is 4.74 Å². The molecule has 0 atom stereocenters. The van der Waals surface area contributed by atoms with Gasteiger partial charge in [0.1, 0.15) is 11.4 Å². The molecule has 0 aliphatic heterocycles. The average molecular weight is 345 g/mol. The van der Waals surface area contributed by atoms with Crippen molar-refractivity contribution in [1.29, 1.82) is 0 Å². The Labute approximate surface area is 130 Å². The van der Waals surface area contributed by atoms with Crippen LogP contribution in [0.2, 0.25) is 0 Å². The van der Waals surface area contributed by atoms with Crippen LogP contribution in [0.25, 0.3) is 22.0 Å². The summed E-state index contributed by atoms with van der Waals surface area (Å²) in [6.45, 7) is 2.00. The molecular weight excluding hydrogens is 332 g/mol. The topological polar surface area (TPSA) is 55.2 Å². The largest absolute Gasteiger partial charge is 0.496 e. The number of aromatic nitrogens is 2. The number of benzene rings is 2. The Bertz CT molecular complexity index is 834. The van der Waals surface area contributed by atoms with E-state index in [0.29, 0.717) is 11.1 Å². The van der Waals surface area contributed by atoms with Crippen LogP contribution in [0.15, 0.2) is 40.9 Å². The first-order chi connectivity index (χ1) is 10.1. The van der Waals surface area contributed by atoms with Gasteiger partial charge < -0.3 is 9.84 Å². The monoisotopic (exact) mass is 344 g/mol. The number of nitrogens with zero attached hydrogens (tertiary/aromatic N) is 2. The van der Waals surface area contributed by atoms with Crippen molar-refractivity contribution < 1.29 is 9.84 Å². The van der Waals surface area contributed by atoms with Crippen molar-refractivity contribution in [2.45, 2.75) is 6.92 Å². The van der Waals surface area contributed by atoms with Crippen LogP contribution < -0.4 is 4.74 Å². The number of aryl methyl sites for hydroxylation is 1. The van der Waals surface area contributed by atoms with Crippen LogP contribution in [-0.4, -0.2) is 22.4 Å². The van der Waals surface area contributed by atoms with Gasteiger partial charge in [0.25, 0.3) is 0 Å². The highest BCUT2D eigenvalue weighted by Crippen LogP contribution is 2.36. The highest BCUT2D eigenvalue weighted by Gasteiger charge is 2.14. The predicted molar refractivity (Wildman–Crippen MR) is 85.6 cm³/mol. The Morgan fingerprint density at radius 2 is 1.86 bits per heavy atom. The maximum atomic E-state index is 9.91. The zero-order valence-corrected chi connectivity index (χ0v) is 13.2. The molecule has 1 N–H and O–H groups in total. The number of methoxy groups -OCH3 is 1. The van der Waals surface area contributed by atoms with E-state index in [1.807, 2.05) is 43.3 Å². The number of rotatable bonds is 2. The van der Waals surface area contributed by atoms with E-state index >= 15 is 0 Å². The zero-order valence-electron chi connectivity index (χ0n) is 11.6. The first kappa shape index (κ1) is 13.8. The van der Waals surface area contributed by atoms with Crippen LogP contribution in [0.5, 0.6) is 11.6 Å². The van der Waals surface area contributed by atoms with Gasteiger partial charge in [-0.3, -0.25) is 0 Å². The van der Waals surface area contributed by atoms with Gasteiger partial charge in [0.2, 0.25) is 5.88 Å². The molecule has 106 valence electrons. The molecule has 2 aromatic carbocycles. The third-order valence-electron chi connectivity index (χ3n) is 3.33. The summed E-state index contributed by atoms with van der Waals surface area (Å²) in [6, 6.07) is 11.5. The van der Waals surface area contributed by atoms with E-state index in [1.165, 1.54) is 0 Å². The molecule has 0 fully saturated rings. The Morgan fingerprint density at radius 3 is 2.62 bits per heavy atom. The minimum atomic E-state index is -0.0823. The Balaban J connectivity index is 2.33. The molecule has 0 aliphatic rings. The molecule has 0 saturated heterocycles. The van der Waals surface area contributed by atoms with Crippen LogP contribution in [0.4, 0.5) is 0 Å². The first-order valence-corrected chi connectivity index (χ1v) is 7.19. The molecule has 0 saturated carbocycles. The molecule has 0 amide bonds. The molecule has 0 unspecified atom stereocenters. The van der Waals surface area contributed by atoms with Gasteiger partial charge in [-0.2, -0.15) is 0 Å². The van der Waals surface area contributed by atoms with E-state index in [1.54, 1.807) is 7.11 Å². The van der Waals surface area contributed by atoms with E-state index in [-0.39, 0.29) is 5.88 Å². The lowest BCUT2D eigenvalue weighted by atomic mass is 10.0. The summed E-state index contributed by atoms with van der Waals surface area (Å²) in [5.41, 5.74) is 2.64. The summed E-state index contributed by atoms with van der Waals surface area (Å²) in [4.78, 5) is 0. The molecule has 0 bridgehead atoms. The normalized spacial score (nSPS) is 10.8. The van der Waals surface area contributed by atoms with Crippen LogP contribution in [-0.2, 0) is 0 Å². The molecule has 0 spiro atoms. The third kappa shape index (κ3) is 2.45. The predicted octanol–water partition coefficient (Wildman–Crippen LogP) is 4.08. The van der Waals surface area contributed by atoms with Gasteiger partial charge in [-0.25, -0.2) is 0 Å². The van der Waals surface area contributed by atoms with Gasteiger partial charge >= 0.3 is 0 Å². The number of hydrogen-bond donors (Lipinski definition) is 1. The number of hydrogen-bond acceptors (Lipinski definition) is 4. The van der Waals surface area contributed by atoms with Crippen LogP contribution >= 0.6 is 15.9 Å². The van der Waals surface area contributed by atoms with Crippen LogP contribution in [0.3, 0.4) is 0 Å². The number of fused-ring (bicyclic) bond motifs is 1. The fourth-order valence-corrected chi connectivity index (χ4v) is 2.67. The molecule has 3 rings (SSSR count). The van der Waals surface area contributed by atoms with Gasteiger partial charge in [-0.1, -0.05) is 28.1 Å². The average Bonchev–Trinajstić information content (AvgIpc) is 2.48. The first-order valence-electron chi connectivity index (χ1n) is 6.40. The maximum Gasteiger partial charge on any atom is 0.239 e. The minimum absolute atomic E-state index is 0.0823. The number of ether oxygens (including phenoxy) is 1. The lowest BCUT2D eigenvalue weighted by Gasteiger charge is -2.11. The summed E-state index contributed by atoms with van der Waals surface area (Å²) < 4.78 is 6.32. The quantitative estimate of drug-likeness (QED) is 0.760. The maximum absolute atomic E-state index is 9.91. The van der Waals surface area contributed by atoms with Crippen molar-refractivity contribution in [3.63, 3.8) is 0 Å². The summed E-state index contributed by atoms with van der Waals surface area (Å²) in [6.07, 6.45) is 0. The van der Waals surface area contributed by atoms with E-state index < -0.39 is 0 Å². The van der Waals surface area contributed by atoms with Gasteiger partial charge in [0.05, 0.1) is 7.11 Å². The molecular formula is C16H13BrN2O2. The second-order valence-corrected chi connectivity index (χ2v) is 5.68. The Kier molecular flexibility index (Phi) is 3.51. The van der Waals surface area contributed by atoms with Crippen molar-refractivity contribution in [3.05, 3.63) is 46.4 Å². The van der Waals surface area contributed by atoms with E-state index in [2.05, 4.69) is 26.1 Å². The smallest absolute Gasteiger partial charge is 0.239 e. The summed E-state index contributed by atoms with van der Waals surface area (Å²) in [5, 5.41) is 19.4. The van der Waals surface area contributed by atoms with Gasteiger partial charge in [0, 0.05) is 20.8 Å². The number of aromatic hydroxyl groups is 1. The summed E-state index contributed by atoms with van der Waals surface area (Å²) in [7, 11) is 1.63. The summed E-state index contributed by atoms with van der Waals surface area (Å²) in [5.74, 6) is 0.653. The van der Waals surface area contributed by atoms with E-state index in [0.717, 1.165) is 26.7 Å². The molecule has 3 aromatic rings. The zero-order chi connectivity index (χ0) is 15.0. The summed E-state index contributed by atoms with van der Waals surface area (Å²) >= 11 is 3.40. The second-order valence-electron chi connectivity index (χ2n) is 4.77. The Morgan fingerprint density at radius 1 is 1.05 bits per heavy atom. The van der Waals surface area contributed by atoms with Crippen LogP contribution in [0.1, 0.15) is 5.56 Å². The second kappa shape index (κ2) is 5.33. The molecule has 21 heavy (non-hydrogen) atoms. The van der Waals surface area contributed by atoms with Crippen molar-refractivity contribution in [2.75, 3.05) is 7.11 Å².